The Morgan fingerprint density at radius 1 is 0.786 bits per heavy atom. The minimum atomic E-state index is -0.705. The van der Waals surface area contributed by atoms with Crippen molar-refractivity contribution < 1.29 is 48.3 Å². The fraction of sp³-hybridized carbons (Fsp3) is 0.481. The smallest absolute Gasteiger partial charge is 0.407 e. The lowest BCUT2D eigenvalue weighted by molar-refractivity contribution is -0.394. The average Bonchev–Trinajstić information content (AvgIpc) is 4.09. The second kappa shape index (κ2) is 17.9. The molecule has 0 radical (unpaired) electrons. The summed E-state index contributed by atoms with van der Waals surface area (Å²) >= 11 is 1.79. The van der Waals surface area contributed by atoms with Gasteiger partial charge in [-0.2, -0.15) is 0 Å². The maximum atomic E-state index is 14.1. The molecule has 17 nitrogen and oxygen atoms in total. The van der Waals surface area contributed by atoms with E-state index in [4.69, 9.17) is 14.2 Å². The van der Waals surface area contributed by atoms with Crippen molar-refractivity contribution in [2.24, 2.45) is 17.8 Å². The maximum absolute atomic E-state index is 14.1. The van der Waals surface area contributed by atoms with E-state index in [1.807, 2.05) is 49.9 Å². The van der Waals surface area contributed by atoms with E-state index < -0.39 is 30.5 Å². The predicted octanol–water partition coefficient (Wildman–Crippen LogP) is 7.40. The Morgan fingerprint density at radius 3 is 2.14 bits per heavy atom. The number of carbonyl (C=O) groups is 4. The van der Waals surface area contributed by atoms with Crippen LogP contribution in [-0.4, -0.2) is 87.2 Å². The molecule has 6 aromatic rings. The van der Waals surface area contributed by atoms with Gasteiger partial charge in [-0.05, 0) is 105 Å². The first-order chi connectivity index (χ1) is 33.8. The molecule has 4 aromatic heterocycles. The third-order valence-corrected chi connectivity index (χ3v) is 16.6. The number of amides is 4. The third-order valence-electron chi connectivity index (χ3n) is 15.4. The number of hydrogen-bond donors (Lipinski definition) is 4. The van der Waals surface area contributed by atoms with Crippen molar-refractivity contribution in [3.63, 3.8) is 0 Å². The first-order valence-electron chi connectivity index (χ1n) is 24.8. The number of aryl methyl sites for hydroxylation is 1. The molecule has 2 saturated heterocycles. The van der Waals surface area contributed by atoms with Gasteiger partial charge in [0, 0.05) is 34.7 Å². The number of carbonyl (C=O) groups excluding carboxylic acids is 4. The van der Waals surface area contributed by atoms with Gasteiger partial charge in [-0.3, -0.25) is 14.2 Å². The molecular weight excluding hydrogens is 909 g/mol. The van der Waals surface area contributed by atoms with Crippen molar-refractivity contribution in [2.75, 3.05) is 20.8 Å². The molecule has 11 rings (SSSR count). The molecule has 366 valence electrons. The van der Waals surface area contributed by atoms with E-state index in [0.717, 1.165) is 98.2 Å². The second-order valence-corrected chi connectivity index (χ2v) is 21.7. The molecule has 2 aromatic carbocycles. The molecule has 5 aliphatic rings. The summed E-state index contributed by atoms with van der Waals surface area (Å²) in [4.78, 5) is 75.2. The largest absolute Gasteiger partial charge is 0.464 e. The van der Waals surface area contributed by atoms with Crippen LogP contribution in [0.25, 0.3) is 44.7 Å². The van der Waals surface area contributed by atoms with Crippen molar-refractivity contribution in [1.29, 1.82) is 0 Å². The predicted molar refractivity (Wildman–Crippen MR) is 259 cm³/mol. The molecule has 7 atom stereocenters. The molecule has 1 unspecified atom stereocenters. The summed E-state index contributed by atoms with van der Waals surface area (Å²) in [6, 6.07) is 11.5. The number of fused-ring (bicyclic) bond motifs is 6. The van der Waals surface area contributed by atoms with Crippen LogP contribution in [0.5, 0.6) is 5.75 Å². The molecule has 4 amide bonds. The lowest BCUT2D eigenvalue weighted by Gasteiger charge is -2.30. The van der Waals surface area contributed by atoms with E-state index in [2.05, 4.69) is 89.6 Å². The van der Waals surface area contributed by atoms with Gasteiger partial charge >= 0.3 is 12.2 Å². The van der Waals surface area contributed by atoms with Gasteiger partial charge in [-0.15, -0.1) is 0 Å². The van der Waals surface area contributed by atoms with Crippen LogP contribution >= 0.6 is 11.3 Å². The SMILES string of the molecule is COC(=O)N[C@H](C(=O)N1CCC[C@H]1c1[nH]c(-c2cc(C)c3c(c2)OC(c2c[nH+]c(C4CCC4)s2)n2c-3cc3cc(-c4c[nH+]c([C@@H]5C[C@H]6C[C@H]6N5C(=O)[C@@H](NC(=O)OC)C(C)C)[nH]4)ccc32)c[nH+]1)C(C)C. The van der Waals surface area contributed by atoms with Gasteiger partial charge in [0.05, 0.1) is 31.3 Å². The third kappa shape index (κ3) is 7.97. The molecule has 2 saturated carbocycles. The zero-order valence-electron chi connectivity index (χ0n) is 40.7. The molecule has 7 N–H and O–H groups in total. The van der Waals surface area contributed by atoms with Crippen LogP contribution in [0.2, 0.25) is 0 Å². The summed E-state index contributed by atoms with van der Waals surface area (Å²) in [5.74, 6) is 3.02. The molecule has 2 aliphatic carbocycles. The van der Waals surface area contributed by atoms with Crippen LogP contribution in [0.15, 0.2) is 55.0 Å². The monoisotopic (exact) mass is 971 g/mol. The molecule has 70 heavy (non-hydrogen) atoms. The van der Waals surface area contributed by atoms with Crippen LogP contribution in [0, 0.1) is 24.7 Å². The minimum absolute atomic E-state index is 0.0873. The number of H-pyrrole nitrogens is 5. The number of aromatic amines is 5. The zero-order chi connectivity index (χ0) is 48.7. The highest BCUT2D eigenvalue weighted by molar-refractivity contribution is 7.11. The number of nitrogens with zero attached hydrogens (tertiary/aromatic N) is 3. The molecule has 18 heteroatoms. The van der Waals surface area contributed by atoms with Crippen LogP contribution in [0.3, 0.4) is 0 Å². The summed E-state index contributed by atoms with van der Waals surface area (Å²) in [7, 11) is 2.62. The van der Waals surface area contributed by atoms with Gasteiger partial charge in [0.25, 0.3) is 11.6 Å². The number of piperidine rings is 1. The Labute approximate surface area is 410 Å². The summed E-state index contributed by atoms with van der Waals surface area (Å²) in [6.07, 6.45) is 11.5. The highest BCUT2D eigenvalue weighted by Gasteiger charge is 2.57. The van der Waals surface area contributed by atoms with E-state index in [-0.39, 0.29) is 41.8 Å². The maximum Gasteiger partial charge on any atom is 0.407 e. The van der Waals surface area contributed by atoms with Crippen molar-refractivity contribution in [2.45, 2.75) is 122 Å². The van der Waals surface area contributed by atoms with E-state index in [0.29, 0.717) is 18.4 Å². The number of likely N-dealkylation sites (tertiary alicyclic amines) is 2. The number of methoxy groups -OCH3 is 2. The number of aromatic nitrogens is 6. The Morgan fingerprint density at radius 2 is 1.47 bits per heavy atom. The van der Waals surface area contributed by atoms with E-state index in [1.54, 1.807) is 11.3 Å². The van der Waals surface area contributed by atoms with Crippen molar-refractivity contribution in [3.8, 4) is 39.5 Å². The van der Waals surface area contributed by atoms with Crippen molar-refractivity contribution in [3.05, 3.63) is 82.1 Å². The first kappa shape index (κ1) is 45.7. The Hall–Kier alpha value is -6.69. The number of benzene rings is 2. The van der Waals surface area contributed by atoms with Crippen LogP contribution in [0.4, 0.5) is 9.59 Å². The minimum Gasteiger partial charge on any atom is -0.464 e. The van der Waals surface area contributed by atoms with E-state index in [9.17, 15) is 19.2 Å². The number of alkyl carbamates (subject to hydrolysis) is 2. The Balaban J connectivity index is 0.912. The number of ether oxygens (including phenoxy) is 3. The summed E-state index contributed by atoms with van der Waals surface area (Å²) in [5, 5.41) is 7.89. The number of imidazole rings is 2. The van der Waals surface area contributed by atoms with Crippen LogP contribution in [0.1, 0.15) is 124 Å². The van der Waals surface area contributed by atoms with Gasteiger partial charge < -0.3 is 34.6 Å². The zero-order valence-corrected chi connectivity index (χ0v) is 41.6. The number of nitrogens with one attached hydrogen (secondary N) is 7. The molecule has 0 spiro atoms. The average molecular weight is 972 g/mol. The fourth-order valence-electron chi connectivity index (χ4n) is 11.4. The number of hydrogen-bond acceptors (Lipinski definition) is 8. The standard InChI is InChI=1S/C52H60N10O7S/c1-25(2)43(58-51(65)67-6)48(63)60-15-9-12-36(60)45-53-23-34(57-45)30-16-27(5)42-38-19-31-17-29(13-14-35(31)62(38)50(69-40(42)21-30)41-24-55-47(70-41)28-10-8-11-28)33-22-54-46(56-33)39-20-32-18-37(32)61(39)49(64)44(26(3)4)59-52(66)68-7/h13-14,16-17,19,21-26,28,32,36-37,39,43-44,50H,8-12,15,18,20H2,1-7H3,(H,53,57)(H,54,56)(H,58,65)(H,59,66)/p+3/t32-,36+,37-,39+,43+,44+,50?/m1/s1. The van der Waals surface area contributed by atoms with Crippen molar-refractivity contribution in [1.82, 2.24) is 35.0 Å². The number of rotatable bonds is 12. The topological polar surface area (TPSA) is 205 Å². The summed E-state index contributed by atoms with van der Waals surface area (Å²) < 4.78 is 19.2. The first-order valence-corrected chi connectivity index (χ1v) is 25.6. The summed E-state index contributed by atoms with van der Waals surface area (Å²) in [5.41, 5.74) is 7.97. The van der Waals surface area contributed by atoms with Gasteiger partial charge in [0.15, 0.2) is 17.6 Å². The van der Waals surface area contributed by atoms with Gasteiger partial charge in [0.2, 0.25) is 23.0 Å². The van der Waals surface area contributed by atoms with Crippen LogP contribution in [-0.2, 0) is 19.1 Å². The van der Waals surface area contributed by atoms with E-state index in [1.165, 1.54) is 38.5 Å². The fourth-order valence-corrected chi connectivity index (χ4v) is 12.5. The molecule has 0 bridgehead atoms. The lowest BCUT2D eigenvalue weighted by atomic mass is 9.86. The Bertz CT molecular complexity index is 3020. The van der Waals surface area contributed by atoms with Crippen molar-refractivity contribution >= 4 is 46.2 Å². The van der Waals surface area contributed by atoms with Gasteiger partial charge in [-0.25, -0.2) is 34.5 Å². The van der Waals surface area contributed by atoms with E-state index >= 15 is 0 Å². The number of thiazole rings is 1. The quantitative estimate of drug-likeness (QED) is 0.0977. The molecule has 3 aliphatic heterocycles. The second-order valence-electron chi connectivity index (χ2n) is 20.5. The van der Waals surface area contributed by atoms with Gasteiger partial charge in [-0.1, -0.05) is 45.5 Å². The molecule has 7 heterocycles. The Kier molecular flexibility index (Phi) is 11.7. The normalized spacial score (nSPS) is 22.3. The van der Waals surface area contributed by atoms with Gasteiger partial charge in [0.1, 0.15) is 47.2 Å². The lowest BCUT2D eigenvalue weighted by Crippen LogP contribution is -2.52. The van der Waals surface area contributed by atoms with Crippen LogP contribution < -0.4 is 30.3 Å². The summed E-state index contributed by atoms with van der Waals surface area (Å²) in [6.45, 7) is 10.4. The molecule has 4 fully saturated rings. The highest BCUT2D eigenvalue weighted by Crippen LogP contribution is 2.54. The molecular formula is C52H63N10O7S+3. The highest BCUT2D eigenvalue weighted by atomic mass is 32.1.